The van der Waals surface area contributed by atoms with Crippen molar-refractivity contribution in [1.29, 1.82) is 0 Å². The predicted molar refractivity (Wildman–Crippen MR) is 74.6 cm³/mol. The average Bonchev–Trinajstić information content (AvgIpc) is 2.17. The number of hydrogen-bond acceptors (Lipinski definition) is 3. The summed E-state index contributed by atoms with van der Waals surface area (Å²) in [7, 11) is 0. The van der Waals surface area contributed by atoms with E-state index in [0.29, 0.717) is 11.1 Å². The molecule has 17 heavy (non-hydrogen) atoms. The van der Waals surface area contributed by atoms with Crippen molar-refractivity contribution in [2.45, 2.75) is 52.7 Å². The third-order valence-corrected chi connectivity index (χ3v) is 2.43. The minimum atomic E-state index is 0.0985. The number of halogens is 1. The summed E-state index contributed by atoms with van der Waals surface area (Å²) in [5.41, 5.74) is 1.20. The molecule has 4 heteroatoms. The second-order valence-electron chi connectivity index (χ2n) is 5.58. The molecule has 0 amide bonds. The summed E-state index contributed by atoms with van der Waals surface area (Å²) in [6, 6.07) is 2.29. The smallest absolute Gasteiger partial charge is 0.144 e. The van der Waals surface area contributed by atoms with Gasteiger partial charge in [0.15, 0.2) is 0 Å². The zero-order valence-electron chi connectivity index (χ0n) is 11.3. The summed E-state index contributed by atoms with van der Waals surface area (Å²) < 4.78 is 0. The molecule has 0 atom stereocenters. The predicted octanol–water partition coefficient (Wildman–Crippen LogP) is 3.44. The monoisotopic (exact) mass is 255 g/mol. The molecule has 2 N–H and O–H groups in total. The number of anilines is 1. The van der Waals surface area contributed by atoms with Crippen LogP contribution in [0.15, 0.2) is 12.3 Å². The molecule has 0 saturated heterocycles. The lowest BCUT2D eigenvalue weighted by Gasteiger charge is -2.20. The van der Waals surface area contributed by atoms with Crippen LogP contribution in [0.2, 0.25) is 5.02 Å². The van der Waals surface area contributed by atoms with Gasteiger partial charge in [-0.2, -0.15) is 0 Å². The van der Waals surface area contributed by atoms with E-state index in [-0.39, 0.29) is 5.54 Å². The molecule has 1 aromatic heterocycles. The topological polar surface area (TPSA) is 37.0 Å². The molecule has 1 heterocycles. The molecule has 1 rings (SSSR count). The Morgan fingerprint density at radius 3 is 2.47 bits per heavy atom. The summed E-state index contributed by atoms with van der Waals surface area (Å²) in [6.07, 6.45) is 1.86. The van der Waals surface area contributed by atoms with Gasteiger partial charge in [0, 0.05) is 24.3 Å². The van der Waals surface area contributed by atoms with Crippen molar-refractivity contribution in [2.24, 2.45) is 0 Å². The van der Waals surface area contributed by atoms with Crippen LogP contribution in [0, 0.1) is 0 Å². The van der Waals surface area contributed by atoms with E-state index >= 15 is 0 Å². The van der Waals surface area contributed by atoms with Crippen molar-refractivity contribution in [1.82, 2.24) is 10.3 Å². The van der Waals surface area contributed by atoms with Gasteiger partial charge < -0.3 is 10.6 Å². The maximum absolute atomic E-state index is 6.17. The Morgan fingerprint density at radius 2 is 2.00 bits per heavy atom. The zero-order valence-corrected chi connectivity index (χ0v) is 12.0. The minimum Gasteiger partial charge on any atom is -0.367 e. The highest BCUT2D eigenvalue weighted by Gasteiger charge is 2.10. The van der Waals surface area contributed by atoms with E-state index < -0.39 is 0 Å². The van der Waals surface area contributed by atoms with Gasteiger partial charge in [-0.25, -0.2) is 4.98 Å². The Bertz CT molecular complexity index is 369. The number of nitrogens with zero attached hydrogens (tertiary/aromatic N) is 1. The summed E-state index contributed by atoms with van der Waals surface area (Å²) in [5, 5.41) is 7.29. The third kappa shape index (κ3) is 5.37. The van der Waals surface area contributed by atoms with E-state index in [1.54, 1.807) is 0 Å². The lowest BCUT2D eigenvalue weighted by molar-refractivity contribution is 0.424. The molecule has 0 spiro atoms. The fourth-order valence-corrected chi connectivity index (χ4v) is 1.56. The van der Waals surface area contributed by atoms with Gasteiger partial charge in [-0.1, -0.05) is 11.6 Å². The highest BCUT2D eigenvalue weighted by Crippen LogP contribution is 2.21. The first-order chi connectivity index (χ1) is 7.78. The van der Waals surface area contributed by atoms with Crippen molar-refractivity contribution in [3.63, 3.8) is 0 Å². The Kier molecular flexibility index (Phi) is 4.78. The van der Waals surface area contributed by atoms with E-state index in [4.69, 9.17) is 11.6 Å². The Labute approximate surface area is 109 Å². The molecular weight excluding hydrogens is 234 g/mol. The van der Waals surface area contributed by atoms with Gasteiger partial charge in [0.05, 0.1) is 5.02 Å². The molecule has 1 aromatic rings. The van der Waals surface area contributed by atoms with Crippen molar-refractivity contribution < 1.29 is 0 Å². The SMILES string of the molecule is CC(C)Nc1ncc(CNC(C)(C)C)cc1Cl. The number of aromatic nitrogens is 1. The largest absolute Gasteiger partial charge is 0.367 e. The lowest BCUT2D eigenvalue weighted by atomic mass is 10.1. The van der Waals surface area contributed by atoms with E-state index in [0.717, 1.165) is 17.9 Å². The quantitative estimate of drug-likeness (QED) is 0.865. The maximum atomic E-state index is 6.17. The average molecular weight is 256 g/mol. The Hall–Kier alpha value is -0.800. The fraction of sp³-hybridized carbons (Fsp3) is 0.615. The third-order valence-electron chi connectivity index (χ3n) is 2.15. The van der Waals surface area contributed by atoms with Crippen molar-refractivity contribution in [3.8, 4) is 0 Å². The first-order valence-corrected chi connectivity index (χ1v) is 6.32. The van der Waals surface area contributed by atoms with Gasteiger partial charge in [0.2, 0.25) is 0 Å². The minimum absolute atomic E-state index is 0.0985. The molecule has 0 aliphatic heterocycles. The maximum Gasteiger partial charge on any atom is 0.144 e. The van der Waals surface area contributed by atoms with Crippen LogP contribution in [0.1, 0.15) is 40.2 Å². The van der Waals surface area contributed by atoms with Gasteiger partial charge in [-0.05, 0) is 46.2 Å². The number of pyridine rings is 1. The summed E-state index contributed by atoms with van der Waals surface area (Å²) in [6.45, 7) is 11.3. The molecule has 0 saturated carbocycles. The normalized spacial score (nSPS) is 11.9. The van der Waals surface area contributed by atoms with Crippen LogP contribution < -0.4 is 10.6 Å². The fourth-order valence-electron chi connectivity index (χ4n) is 1.32. The van der Waals surface area contributed by atoms with Gasteiger partial charge in [-0.15, -0.1) is 0 Å². The van der Waals surface area contributed by atoms with Gasteiger partial charge in [0.25, 0.3) is 0 Å². The molecule has 0 unspecified atom stereocenters. The van der Waals surface area contributed by atoms with Gasteiger partial charge >= 0.3 is 0 Å². The molecule has 3 nitrogen and oxygen atoms in total. The molecule has 0 aliphatic rings. The van der Waals surface area contributed by atoms with Crippen molar-refractivity contribution >= 4 is 17.4 Å². The van der Waals surface area contributed by atoms with Crippen LogP contribution in [0.25, 0.3) is 0 Å². The van der Waals surface area contributed by atoms with Crippen molar-refractivity contribution in [3.05, 3.63) is 22.8 Å². The molecule has 0 radical (unpaired) electrons. The van der Waals surface area contributed by atoms with Crippen LogP contribution in [-0.2, 0) is 6.54 Å². The highest BCUT2D eigenvalue weighted by molar-refractivity contribution is 6.32. The molecule has 0 aromatic carbocycles. The second-order valence-corrected chi connectivity index (χ2v) is 5.98. The molecule has 0 fully saturated rings. The molecule has 96 valence electrons. The summed E-state index contributed by atoms with van der Waals surface area (Å²) in [5.74, 6) is 0.751. The highest BCUT2D eigenvalue weighted by atomic mass is 35.5. The summed E-state index contributed by atoms with van der Waals surface area (Å²) in [4.78, 5) is 4.34. The first kappa shape index (κ1) is 14.3. The van der Waals surface area contributed by atoms with Crippen LogP contribution in [0.5, 0.6) is 0 Å². The van der Waals surface area contributed by atoms with E-state index in [9.17, 15) is 0 Å². The number of hydrogen-bond donors (Lipinski definition) is 2. The van der Waals surface area contributed by atoms with E-state index in [2.05, 4.69) is 50.2 Å². The standard InChI is InChI=1S/C13H22ClN3/c1-9(2)17-12-11(14)6-10(7-15-12)8-16-13(3,4)5/h6-7,9,16H,8H2,1-5H3,(H,15,17). The van der Waals surface area contributed by atoms with Crippen LogP contribution in [0.3, 0.4) is 0 Å². The van der Waals surface area contributed by atoms with E-state index in [1.807, 2.05) is 12.3 Å². The molecule has 0 bridgehead atoms. The lowest BCUT2D eigenvalue weighted by Crippen LogP contribution is -2.35. The van der Waals surface area contributed by atoms with Gasteiger partial charge in [-0.3, -0.25) is 0 Å². The van der Waals surface area contributed by atoms with Gasteiger partial charge in [0.1, 0.15) is 5.82 Å². The molecular formula is C13H22ClN3. The second kappa shape index (κ2) is 5.69. The zero-order chi connectivity index (χ0) is 13.1. The van der Waals surface area contributed by atoms with E-state index in [1.165, 1.54) is 0 Å². The number of nitrogens with one attached hydrogen (secondary N) is 2. The summed E-state index contributed by atoms with van der Waals surface area (Å²) >= 11 is 6.17. The van der Waals surface area contributed by atoms with Crippen LogP contribution in [0.4, 0.5) is 5.82 Å². The van der Waals surface area contributed by atoms with Crippen LogP contribution >= 0.6 is 11.6 Å². The first-order valence-electron chi connectivity index (χ1n) is 5.94. The number of rotatable bonds is 4. The Balaban J connectivity index is 2.68. The molecule has 0 aliphatic carbocycles. The van der Waals surface area contributed by atoms with Crippen LogP contribution in [-0.4, -0.2) is 16.6 Å². The Morgan fingerprint density at radius 1 is 1.35 bits per heavy atom. The van der Waals surface area contributed by atoms with Crippen molar-refractivity contribution in [2.75, 3.05) is 5.32 Å².